The molecule has 0 radical (unpaired) electrons. The van der Waals surface area contributed by atoms with Gasteiger partial charge in [0.15, 0.2) is 0 Å². The van der Waals surface area contributed by atoms with E-state index in [9.17, 15) is 14.4 Å². The SMILES string of the molecule is O=C1ONC(=O)N(c2ccccc2)OC1=O. The van der Waals surface area contributed by atoms with E-state index in [0.717, 1.165) is 0 Å². The summed E-state index contributed by atoms with van der Waals surface area (Å²) in [6.07, 6.45) is 0. The Labute approximate surface area is 89.4 Å². The molecule has 2 amide bonds. The Kier molecular flexibility index (Phi) is 2.42. The zero-order valence-electron chi connectivity index (χ0n) is 7.88. The van der Waals surface area contributed by atoms with Crippen molar-refractivity contribution in [2.75, 3.05) is 5.06 Å². The molecule has 1 aromatic rings. The Hall–Kier alpha value is -2.57. The molecule has 0 atom stereocenters. The predicted molar refractivity (Wildman–Crippen MR) is 49.6 cm³/mol. The third-order valence-corrected chi connectivity index (χ3v) is 1.75. The van der Waals surface area contributed by atoms with Gasteiger partial charge in [0.25, 0.3) is 0 Å². The van der Waals surface area contributed by atoms with Gasteiger partial charge in [0.05, 0.1) is 5.69 Å². The molecule has 0 unspecified atom stereocenters. The van der Waals surface area contributed by atoms with Crippen molar-refractivity contribution >= 4 is 23.7 Å². The third kappa shape index (κ3) is 1.78. The molecule has 1 saturated heterocycles. The standard InChI is InChI=1S/C9H6N2O5/c12-7-8(13)16-11(9(14)10-15-7)6-4-2-1-3-5-6/h1-5H,(H,10,14). The van der Waals surface area contributed by atoms with E-state index in [2.05, 4.69) is 9.68 Å². The van der Waals surface area contributed by atoms with Crippen LogP contribution in [0.2, 0.25) is 0 Å². The monoisotopic (exact) mass is 222 g/mol. The van der Waals surface area contributed by atoms with Crippen LogP contribution in [0.15, 0.2) is 30.3 Å². The molecule has 1 N–H and O–H groups in total. The maximum atomic E-state index is 11.4. The molecule has 1 aliphatic rings. The second kappa shape index (κ2) is 3.89. The largest absolute Gasteiger partial charge is 0.444 e. The van der Waals surface area contributed by atoms with Gasteiger partial charge in [-0.05, 0) is 12.1 Å². The van der Waals surface area contributed by atoms with E-state index in [0.29, 0.717) is 10.8 Å². The summed E-state index contributed by atoms with van der Waals surface area (Å²) < 4.78 is 0. The van der Waals surface area contributed by atoms with Crippen LogP contribution in [0.1, 0.15) is 0 Å². The van der Waals surface area contributed by atoms with Crippen molar-refractivity contribution in [3.05, 3.63) is 30.3 Å². The molecule has 2 rings (SSSR count). The van der Waals surface area contributed by atoms with Gasteiger partial charge in [0.2, 0.25) is 0 Å². The maximum Gasteiger partial charge on any atom is 0.444 e. The zero-order chi connectivity index (χ0) is 11.5. The molecular formula is C9H6N2O5. The van der Waals surface area contributed by atoms with Gasteiger partial charge in [-0.2, -0.15) is 5.48 Å². The van der Waals surface area contributed by atoms with Gasteiger partial charge in [0.1, 0.15) is 0 Å². The second-order valence-corrected chi connectivity index (χ2v) is 2.81. The van der Waals surface area contributed by atoms with E-state index >= 15 is 0 Å². The molecule has 7 nitrogen and oxygen atoms in total. The molecule has 16 heavy (non-hydrogen) atoms. The summed E-state index contributed by atoms with van der Waals surface area (Å²) in [5, 5.41) is 0.632. The highest BCUT2D eigenvalue weighted by Crippen LogP contribution is 2.15. The molecule has 82 valence electrons. The van der Waals surface area contributed by atoms with Crippen molar-refractivity contribution in [1.29, 1.82) is 0 Å². The number of nitrogens with one attached hydrogen (secondary N) is 1. The van der Waals surface area contributed by atoms with Crippen LogP contribution < -0.4 is 10.5 Å². The maximum absolute atomic E-state index is 11.4. The fourth-order valence-electron chi connectivity index (χ4n) is 1.07. The first-order chi connectivity index (χ1) is 7.68. The van der Waals surface area contributed by atoms with Crippen molar-refractivity contribution in [2.24, 2.45) is 0 Å². The molecule has 0 spiro atoms. The summed E-state index contributed by atoms with van der Waals surface area (Å²) in [5.74, 6) is -2.56. The van der Waals surface area contributed by atoms with E-state index in [1.807, 2.05) is 0 Å². The molecule has 7 heteroatoms. The number of nitrogens with zero attached hydrogens (tertiary/aromatic N) is 1. The Bertz CT molecular complexity index is 444. The van der Waals surface area contributed by atoms with Gasteiger partial charge in [-0.1, -0.05) is 18.2 Å². The van der Waals surface area contributed by atoms with Crippen molar-refractivity contribution in [2.45, 2.75) is 0 Å². The van der Waals surface area contributed by atoms with Crippen molar-refractivity contribution in [3.63, 3.8) is 0 Å². The summed E-state index contributed by atoms with van der Waals surface area (Å²) in [6, 6.07) is 7.20. The van der Waals surface area contributed by atoms with E-state index in [1.165, 1.54) is 12.1 Å². The van der Waals surface area contributed by atoms with Gasteiger partial charge in [0, 0.05) is 0 Å². The smallest absolute Gasteiger partial charge is 0.328 e. The van der Waals surface area contributed by atoms with Crippen LogP contribution in [0.25, 0.3) is 0 Å². The molecule has 0 aliphatic carbocycles. The summed E-state index contributed by atoms with van der Waals surface area (Å²) >= 11 is 0. The van der Waals surface area contributed by atoms with Crippen LogP contribution in [0.4, 0.5) is 10.5 Å². The fourth-order valence-corrected chi connectivity index (χ4v) is 1.07. The minimum atomic E-state index is -1.29. The lowest BCUT2D eigenvalue weighted by Crippen LogP contribution is -2.37. The number of hydrogen-bond acceptors (Lipinski definition) is 5. The number of urea groups is 1. The molecule has 1 aliphatic heterocycles. The number of carbonyl (C=O) groups is 3. The summed E-state index contributed by atoms with van der Waals surface area (Å²) in [6.45, 7) is 0. The van der Waals surface area contributed by atoms with Crippen LogP contribution in [0.3, 0.4) is 0 Å². The minimum Gasteiger partial charge on any atom is -0.328 e. The number of hydroxylamine groups is 2. The van der Waals surface area contributed by atoms with Crippen LogP contribution in [0.5, 0.6) is 0 Å². The van der Waals surface area contributed by atoms with E-state index in [4.69, 9.17) is 0 Å². The Morgan fingerprint density at radius 2 is 1.69 bits per heavy atom. The molecule has 0 bridgehead atoms. The van der Waals surface area contributed by atoms with Crippen molar-refractivity contribution < 1.29 is 24.1 Å². The lowest BCUT2D eigenvalue weighted by Gasteiger charge is -2.15. The normalized spacial score (nSPS) is 16.0. The van der Waals surface area contributed by atoms with E-state index in [-0.39, 0.29) is 0 Å². The van der Waals surface area contributed by atoms with Gasteiger partial charge >= 0.3 is 18.0 Å². The van der Waals surface area contributed by atoms with Crippen molar-refractivity contribution in [1.82, 2.24) is 5.48 Å². The van der Waals surface area contributed by atoms with Gasteiger partial charge in [-0.3, -0.25) is 0 Å². The predicted octanol–water partition coefficient (Wildman–Crippen LogP) is 0.133. The average molecular weight is 222 g/mol. The molecule has 1 heterocycles. The van der Waals surface area contributed by atoms with E-state index in [1.54, 1.807) is 23.7 Å². The first-order valence-electron chi connectivity index (χ1n) is 4.27. The van der Waals surface area contributed by atoms with E-state index < -0.39 is 18.0 Å². The molecular weight excluding hydrogens is 216 g/mol. The Balaban J connectivity index is 2.29. The van der Waals surface area contributed by atoms with Gasteiger partial charge < -0.3 is 9.68 Å². The number of carbonyl (C=O) groups excluding carboxylic acids is 3. The number of rotatable bonds is 1. The third-order valence-electron chi connectivity index (χ3n) is 1.75. The lowest BCUT2D eigenvalue weighted by molar-refractivity contribution is -0.167. The lowest BCUT2D eigenvalue weighted by atomic mass is 10.3. The van der Waals surface area contributed by atoms with Crippen molar-refractivity contribution in [3.8, 4) is 0 Å². The number of amides is 2. The fraction of sp³-hybridized carbons (Fsp3) is 0. The van der Waals surface area contributed by atoms with Crippen LogP contribution in [-0.4, -0.2) is 18.0 Å². The molecule has 1 aromatic carbocycles. The topological polar surface area (TPSA) is 84.9 Å². The number of para-hydroxylation sites is 1. The average Bonchev–Trinajstić information content (AvgIpc) is 2.44. The first-order valence-corrected chi connectivity index (χ1v) is 4.27. The van der Waals surface area contributed by atoms with Crippen LogP contribution in [-0.2, 0) is 19.3 Å². The second-order valence-electron chi connectivity index (χ2n) is 2.81. The highest BCUT2D eigenvalue weighted by molar-refractivity contribution is 6.30. The van der Waals surface area contributed by atoms with Crippen LogP contribution >= 0.6 is 0 Å². The summed E-state index contributed by atoms with van der Waals surface area (Å²) in [7, 11) is 0. The minimum absolute atomic E-state index is 0.298. The highest BCUT2D eigenvalue weighted by atomic mass is 16.8. The number of anilines is 1. The molecule has 0 aromatic heterocycles. The summed E-state index contributed by atoms with van der Waals surface area (Å²) in [4.78, 5) is 41.8. The highest BCUT2D eigenvalue weighted by Gasteiger charge is 2.31. The Morgan fingerprint density at radius 3 is 2.38 bits per heavy atom. The van der Waals surface area contributed by atoms with Gasteiger partial charge in [-0.15, -0.1) is 5.06 Å². The first kappa shape index (κ1) is 9.97. The number of hydrogen-bond donors (Lipinski definition) is 1. The van der Waals surface area contributed by atoms with Crippen LogP contribution in [0, 0.1) is 0 Å². The number of benzene rings is 1. The van der Waals surface area contributed by atoms with Gasteiger partial charge in [-0.25, -0.2) is 14.4 Å². The zero-order valence-corrected chi connectivity index (χ0v) is 7.88. The quantitative estimate of drug-likeness (QED) is 0.683. The summed E-state index contributed by atoms with van der Waals surface area (Å²) in [5.41, 5.74) is 2.06. The molecule has 0 saturated carbocycles. The molecule has 1 fully saturated rings. The Morgan fingerprint density at radius 1 is 1.00 bits per heavy atom.